The minimum atomic E-state index is -0.858. The quantitative estimate of drug-likeness (QED) is 0.360. The van der Waals surface area contributed by atoms with Crippen LogP contribution in [0.5, 0.6) is 0 Å². The first-order chi connectivity index (χ1) is 13.9. The molecule has 0 aliphatic heterocycles. The number of nitrogens with two attached hydrogens (primary N) is 1. The first kappa shape index (κ1) is 22.4. The molecule has 0 heterocycles. The highest BCUT2D eigenvalue weighted by Gasteiger charge is 2.53. The molecule has 0 spiro atoms. The highest BCUT2D eigenvalue weighted by atomic mass is 35.5. The number of amidine groups is 1. The average molecular weight is 436 g/mol. The zero-order valence-corrected chi connectivity index (χ0v) is 18.0. The van der Waals surface area contributed by atoms with Gasteiger partial charge in [-0.1, -0.05) is 18.2 Å². The number of nitrogens with one attached hydrogen (secondary N) is 2. The van der Waals surface area contributed by atoms with Crippen LogP contribution in [0.2, 0.25) is 0 Å². The standard InChI is InChI=1S/C22H29N3O4.ClH/c1-28-20(26)18(9-13-3-2-4-17(8-13)19(23)24)25-21(27)29-22-10-14-5-15(11-22)7-16(6-14)12-22;/h2-4,8,14-16,18H,5-7,9-12H2,1H3,(H3,23,24)(H,25,27);1H/t14?,15?,16?,18-,22?;/m0./s1. The Hall–Kier alpha value is -2.28. The zero-order valence-electron chi connectivity index (χ0n) is 17.2. The van der Waals surface area contributed by atoms with Gasteiger partial charge in [-0.05, 0) is 67.9 Å². The van der Waals surface area contributed by atoms with Crippen LogP contribution in [0.15, 0.2) is 24.3 Å². The molecule has 0 radical (unpaired) electrons. The van der Waals surface area contributed by atoms with Crippen molar-refractivity contribution >= 4 is 30.3 Å². The van der Waals surface area contributed by atoms with Gasteiger partial charge in [0.25, 0.3) is 0 Å². The van der Waals surface area contributed by atoms with Gasteiger partial charge in [-0.25, -0.2) is 9.59 Å². The summed E-state index contributed by atoms with van der Waals surface area (Å²) in [5.41, 5.74) is 6.53. The Morgan fingerprint density at radius 1 is 1.20 bits per heavy atom. The van der Waals surface area contributed by atoms with E-state index in [4.69, 9.17) is 20.6 Å². The van der Waals surface area contributed by atoms with E-state index in [0.717, 1.165) is 24.8 Å². The summed E-state index contributed by atoms with van der Waals surface area (Å²) in [4.78, 5) is 25.0. The van der Waals surface area contributed by atoms with E-state index in [-0.39, 0.29) is 30.3 Å². The van der Waals surface area contributed by atoms with Gasteiger partial charge in [-0.15, -0.1) is 12.4 Å². The second-order valence-corrected chi connectivity index (χ2v) is 9.03. The van der Waals surface area contributed by atoms with Crippen molar-refractivity contribution < 1.29 is 19.1 Å². The maximum Gasteiger partial charge on any atom is 0.408 e. The minimum absolute atomic E-state index is 0. The molecule has 8 heteroatoms. The number of esters is 1. The van der Waals surface area contributed by atoms with Crippen LogP contribution in [0.3, 0.4) is 0 Å². The molecule has 7 nitrogen and oxygen atoms in total. The number of alkyl carbamates (subject to hydrolysis) is 1. The molecule has 0 unspecified atom stereocenters. The molecule has 4 saturated carbocycles. The molecule has 5 rings (SSSR count). The van der Waals surface area contributed by atoms with Crippen molar-refractivity contribution in [3.63, 3.8) is 0 Å². The average Bonchev–Trinajstić information content (AvgIpc) is 2.65. The van der Waals surface area contributed by atoms with Gasteiger partial charge in [0.05, 0.1) is 7.11 Å². The van der Waals surface area contributed by atoms with Gasteiger partial charge in [0.15, 0.2) is 0 Å². The van der Waals surface area contributed by atoms with Gasteiger partial charge in [-0.3, -0.25) is 5.41 Å². The topological polar surface area (TPSA) is 115 Å². The number of carbonyl (C=O) groups is 2. The first-order valence-corrected chi connectivity index (χ1v) is 10.4. The molecule has 30 heavy (non-hydrogen) atoms. The number of rotatable bonds is 6. The van der Waals surface area contributed by atoms with Gasteiger partial charge in [-0.2, -0.15) is 0 Å². The van der Waals surface area contributed by atoms with Crippen molar-refractivity contribution in [2.75, 3.05) is 7.11 Å². The van der Waals surface area contributed by atoms with Gasteiger partial charge >= 0.3 is 12.1 Å². The molecule has 4 bridgehead atoms. The summed E-state index contributed by atoms with van der Waals surface area (Å²) in [6.07, 6.45) is 6.31. The number of hydrogen-bond donors (Lipinski definition) is 3. The van der Waals surface area contributed by atoms with E-state index in [0.29, 0.717) is 23.3 Å². The number of methoxy groups -OCH3 is 1. The summed E-state index contributed by atoms with van der Waals surface area (Å²) < 4.78 is 10.8. The Morgan fingerprint density at radius 2 is 1.80 bits per heavy atom. The molecule has 0 aromatic heterocycles. The summed E-state index contributed by atoms with van der Waals surface area (Å²) in [5, 5.41) is 10.3. The van der Waals surface area contributed by atoms with Crippen molar-refractivity contribution in [1.82, 2.24) is 5.32 Å². The molecule has 4 aliphatic carbocycles. The molecule has 164 valence electrons. The molecule has 0 saturated heterocycles. The fraction of sp³-hybridized carbons (Fsp3) is 0.591. The van der Waals surface area contributed by atoms with Crippen LogP contribution in [0.4, 0.5) is 4.79 Å². The number of carbonyl (C=O) groups excluding carboxylic acids is 2. The Kier molecular flexibility index (Phi) is 6.60. The summed E-state index contributed by atoms with van der Waals surface area (Å²) in [7, 11) is 1.30. The van der Waals surface area contributed by atoms with Crippen molar-refractivity contribution in [2.45, 2.75) is 56.6 Å². The lowest BCUT2D eigenvalue weighted by Gasteiger charge is -2.55. The summed E-state index contributed by atoms with van der Waals surface area (Å²) in [6, 6.07) is 6.21. The van der Waals surface area contributed by atoms with Gasteiger partial charge in [0.1, 0.15) is 17.5 Å². The Bertz CT molecular complexity index is 793. The lowest BCUT2D eigenvalue weighted by atomic mass is 9.54. The third kappa shape index (κ3) is 4.72. The van der Waals surface area contributed by atoms with Crippen LogP contribution < -0.4 is 11.1 Å². The lowest BCUT2D eigenvalue weighted by molar-refractivity contribution is -0.144. The molecule has 1 amide bonds. The Labute approximate surface area is 183 Å². The smallest absolute Gasteiger partial charge is 0.408 e. The highest BCUT2D eigenvalue weighted by molar-refractivity contribution is 5.95. The van der Waals surface area contributed by atoms with Crippen LogP contribution in [0.1, 0.15) is 49.7 Å². The van der Waals surface area contributed by atoms with Gasteiger partial charge < -0.3 is 20.5 Å². The number of ether oxygens (including phenoxy) is 2. The molecular formula is C22H30ClN3O4. The van der Waals surface area contributed by atoms with E-state index in [1.165, 1.54) is 26.4 Å². The third-order valence-corrected chi connectivity index (χ3v) is 6.75. The molecule has 1 aromatic rings. The number of benzene rings is 1. The Morgan fingerprint density at radius 3 is 2.33 bits per heavy atom. The SMILES string of the molecule is COC(=O)[C@H](Cc1cccc(C(=N)N)c1)NC(=O)OC12CC3CC(CC(C3)C1)C2.Cl. The summed E-state index contributed by atoms with van der Waals surface area (Å²) in [6.45, 7) is 0. The van der Waals surface area contributed by atoms with E-state index in [1.54, 1.807) is 18.2 Å². The predicted octanol–water partition coefficient (Wildman–Crippen LogP) is 3.17. The maximum atomic E-state index is 12.7. The zero-order chi connectivity index (χ0) is 20.6. The highest BCUT2D eigenvalue weighted by Crippen LogP contribution is 2.57. The molecule has 4 aliphatic rings. The van der Waals surface area contributed by atoms with Crippen molar-refractivity contribution in [1.29, 1.82) is 5.41 Å². The fourth-order valence-electron chi connectivity index (χ4n) is 5.96. The molecule has 1 atom stereocenters. The van der Waals surface area contributed by atoms with Crippen LogP contribution in [0, 0.1) is 23.2 Å². The monoisotopic (exact) mass is 435 g/mol. The van der Waals surface area contributed by atoms with Crippen LogP contribution >= 0.6 is 12.4 Å². The van der Waals surface area contributed by atoms with Crippen LogP contribution in [-0.4, -0.2) is 36.7 Å². The number of hydrogen-bond acceptors (Lipinski definition) is 5. The van der Waals surface area contributed by atoms with E-state index in [2.05, 4.69) is 5.32 Å². The van der Waals surface area contributed by atoms with Crippen molar-refractivity contribution in [3.05, 3.63) is 35.4 Å². The molecular weight excluding hydrogens is 406 g/mol. The third-order valence-electron chi connectivity index (χ3n) is 6.75. The molecule has 1 aromatic carbocycles. The summed E-state index contributed by atoms with van der Waals surface area (Å²) >= 11 is 0. The number of nitrogen functional groups attached to an aromatic ring is 1. The number of halogens is 1. The largest absolute Gasteiger partial charge is 0.467 e. The van der Waals surface area contributed by atoms with Gasteiger partial charge in [0, 0.05) is 12.0 Å². The Balaban J connectivity index is 0.00000256. The van der Waals surface area contributed by atoms with E-state index < -0.39 is 18.1 Å². The minimum Gasteiger partial charge on any atom is -0.467 e. The van der Waals surface area contributed by atoms with Crippen molar-refractivity contribution in [3.8, 4) is 0 Å². The fourth-order valence-corrected chi connectivity index (χ4v) is 5.96. The van der Waals surface area contributed by atoms with E-state index in [1.807, 2.05) is 6.07 Å². The summed E-state index contributed by atoms with van der Waals surface area (Å²) in [5.74, 6) is 1.43. The predicted molar refractivity (Wildman–Crippen MR) is 115 cm³/mol. The van der Waals surface area contributed by atoms with Crippen LogP contribution in [0.25, 0.3) is 0 Å². The van der Waals surface area contributed by atoms with E-state index in [9.17, 15) is 9.59 Å². The van der Waals surface area contributed by atoms with Crippen molar-refractivity contribution in [2.24, 2.45) is 23.5 Å². The van der Waals surface area contributed by atoms with Crippen LogP contribution in [-0.2, 0) is 20.7 Å². The first-order valence-electron chi connectivity index (χ1n) is 10.4. The maximum absolute atomic E-state index is 12.7. The number of amides is 1. The second-order valence-electron chi connectivity index (χ2n) is 9.03. The lowest BCUT2D eigenvalue weighted by Crippen LogP contribution is -2.55. The van der Waals surface area contributed by atoms with E-state index >= 15 is 0 Å². The normalized spacial score (nSPS) is 29.4. The molecule has 4 N–H and O–H groups in total. The molecule has 4 fully saturated rings. The second kappa shape index (κ2) is 8.84. The van der Waals surface area contributed by atoms with Gasteiger partial charge in [0.2, 0.25) is 0 Å².